The van der Waals surface area contributed by atoms with E-state index < -0.39 is 10.0 Å². The van der Waals surface area contributed by atoms with E-state index >= 15 is 0 Å². The van der Waals surface area contributed by atoms with Crippen LogP contribution in [-0.2, 0) is 16.6 Å². The van der Waals surface area contributed by atoms with Gasteiger partial charge in [0.05, 0.1) is 6.54 Å². The van der Waals surface area contributed by atoms with Crippen LogP contribution in [0.2, 0.25) is 0 Å². The molecule has 2 aromatic rings. The Morgan fingerprint density at radius 1 is 1.33 bits per heavy atom. The van der Waals surface area contributed by atoms with E-state index in [4.69, 9.17) is 19.6 Å². The number of anilines is 1. The van der Waals surface area contributed by atoms with Crippen LogP contribution in [0.1, 0.15) is 5.76 Å². The third-order valence-corrected chi connectivity index (χ3v) is 3.30. The predicted octanol–water partition coefficient (Wildman–Crippen LogP) is 1.44. The summed E-state index contributed by atoms with van der Waals surface area (Å²) >= 11 is 0. The zero-order valence-electron chi connectivity index (χ0n) is 10.9. The van der Waals surface area contributed by atoms with Crippen molar-refractivity contribution in [2.24, 2.45) is 5.14 Å². The molecule has 0 atom stereocenters. The highest BCUT2D eigenvalue weighted by molar-refractivity contribution is 7.89. The van der Waals surface area contributed by atoms with E-state index in [1.807, 2.05) is 12.1 Å². The number of sulfonamides is 1. The molecule has 3 N–H and O–H groups in total. The Bertz CT molecular complexity index is 762. The highest BCUT2D eigenvalue weighted by Gasteiger charge is 2.12. The summed E-state index contributed by atoms with van der Waals surface area (Å²) in [6.45, 7) is 0.260. The minimum absolute atomic E-state index is 0.0284. The van der Waals surface area contributed by atoms with Gasteiger partial charge in [0.1, 0.15) is 17.6 Å². The van der Waals surface area contributed by atoms with E-state index in [-0.39, 0.29) is 18.2 Å². The van der Waals surface area contributed by atoms with Crippen LogP contribution in [0.25, 0.3) is 0 Å². The maximum atomic E-state index is 11.1. The van der Waals surface area contributed by atoms with Crippen molar-refractivity contribution < 1.29 is 17.6 Å². The first-order chi connectivity index (χ1) is 9.99. The number of primary sulfonamides is 1. The molecule has 0 aliphatic rings. The number of nitrogens with zero attached hydrogens (tertiary/aromatic N) is 1. The molecule has 1 aromatic heterocycles. The molecule has 0 saturated heterocycles. The molecule has 0 bridgehead atoms. The lowest BCUT2D eigenvalue weighted by molar-refractivity contribution is 0.368. The quantitative estimate of drug-likeness (QED) is 0.833. The average molecular weight is 307 g/mol. The minimum atomic E-state index is -3.83. The standard InChI is InChI=1S/C13H13N3O4S/c14-6-7-19-11-3-1-2-10(8-11)16-9-12-4-5-13(20-12)21(15,17)18/h1-5,8,16H,7,9H2,(H2,15,17,18). The molecule has 0 unspecified atom stereocenters. The molecule has 8 heteroatoms. The van der Waals surface area contributed by atoms with Gasteiger partial charge in [-0.3, -0.25) is 0 Å². The number of rotatable bonds is 6. The van der Waals surface area contributed by atoms with Crippen molar-refractivity contribution in [1.29, 1.82) is 5.26 Å². The Morgan fingerprint density at radius 2 is 2.14 bits per heavy atom. The van der Waals surface area contributed by atoms with Gasteiger partial charge in [0.2, 0.25) is 5.09 Å². The highest BCUT2D eigenvalue weighted by atomic mass is 32.2. The molecule has 0 aliphatic heterocycles. The van der Waals surface area contributed by atoms with E-state index in [0.717, 1.165) is 5.69 Å². The van der Waals surface area contributed by atoms with Crippen LogP contribution in [0.5, 0.6) is 5.75 Å². The molecule has 0 amide bonds. The van der Waals surface area contributed by atoms with E-state index in [0.29, 0.717) is 11.5 Å². The predicted molar refractivity (Wildman–Crippen MR) is 75.0 cm³/mol. The monoisotopic (exact) mass is 307 g/mol. The van der Waals surface area contributed by atoms with Gasteiger partial charge in [-0.05, 0) is 24.3 Å². The normalized spacial score (nSPS) is 10.9. The highest BCUT2D eigenvalue weighted by Crippen LogP contribution is 2.19. The van der Waals surface area contributed by atoms with Crippen LogP contribution in [-0.4, -0.2) is 15.0 Å². The number of hydrogen-bond donors (Lipinski definition) is 2. The Balaban J connectivity index is 2.00. The number of benzene rings is 1. The number of furan rings is 1. The van der Waals surface area contributed by atoms with Crippen molar-refractivity contribution in [1.82, 2.24) is 0 Å². The van der Waals surface area contributed by atoms with Crippen LogP contribution in [0.4, 0.5) is 5.69 Å². The van der Waals surface area contributed by atoms with Gasteiger partial charge in [0.15, 0.2) is 6.61 Å². The van der Waals surface area contributed by atoms with Gasteiger partial charge in [-0.1, -0.05) is 6.07 Å². The first kappa shape index (κ1) is 14.9. The zero-order chi connectivity index (χ0) is 15.3. The number of nitrogens with two attached hydrogens (primary N) is 1. The Hall–Kier alpha value is -2.50. The maximum absolute atomic E-state index is 11.1. The summed E-state index contributed by atoms with van der Waals surface area (Å²) in [7, 11) is -3.83. The Kier molecular flexibility index (Phi) is 4.47. The van der Waals surface area contributed by atoms with Gasteiger partial charge in [-0.15, -0.1) is 0 Å². The number of hydrogen-bond acceptors (Lipinski definition) is 6. The molecule has 0 fully saturated rings. The summed E-state index contributed by atoms with van der Waals surface area (Å²) in [6.07, 6.45) is 0. The van der Waals surface area contributed by atoms with Crippen molar-refractivity contribution in [3.63, 3.8) is 0 Å². The number of nitrogens with one attached hydrogen (secondary N) is 1. The summed E-state index contributed by atoms with van der Waals surface area (Å²) in [5, 5.41) is 16.2. The van der Waals surface area contributed by atoms with Crippen LogP contribution in [0, 0.1) is 11.3 Å². The topological polar surface area (TPSA) is 118 Å². The second-order valence-electron chi connectivity index (χ2n) is 4.09. The maximum Gasteiger partial charge on any atom is 0.271 e. The van der Waals surface area contributed by atoms with E-state index in [1.165, 1.54) is 12.1 Å². The summed E-state index contributed by atoms with van der Waals surface area (Å²) in [4.78, 5) is 0. The minimum Gasteiger partial charge on any atom is -0.479 e. The lowest BCUT2D eigenvalue weighted by atomic mass is 10.3. The van der Waals surface area contributed by atoms with Gasteiger partial charge < -0.3 is 14.5 Å². The lowest BCUT2D eigenvalue weighted by Gasteiger charge is -2.07. The largest absolute Gasteiger partial charge is 0.479 e. The molecular weight excluding hydrogens is 294 g/mol. The SMILES string of the molecule is N#CCOc1cccc(NCc2ccc(S(N)(=O)=O)o2)c1. The van der Waals surface area contributed by atoms with Crippen molar-refractivity contribution in [2.45, 2.75) is 11.6 Å². The molecule has 0 radical (unpaired) electrons. The third-order valence-electron chi connectivity index (χ3n) is 2.52. The van der Waals surface area contributed by atoms with Crippen LogP contribution in [0.15, 0.2) is 45.9 Å². The van der Waals surface area contributed by atoms with Gasteiger partial charge in [0.25, 0.3) is 10.0 Å². The molecule has 0 saturated carbocycles. The van der Waals surface area contributed by atoms with Gasteiger partial charge >= 0.3 is 0 Å². The lowest BCUT2D eigenvalue weighted by Crippen LogP contribution is -2.10. The van der Waals surface area contributed by atoms with Crippen LogP contribution in [0.3, 0.4) is 0 Å². The Morgan fingerprint density at radius 3 is 2.81 bits per heavy atom. The van der Waals surface area contributed by atoms with Crippen molar-refractivity contribution in [3.05, 3.63) is 42.2 Å². The molecule has 1 heterocycles. The summed E-state index contributed by atoms with van der Waals surface area (Å²) in [5.41, 5.74) is 0.749. The molecule has 2 rings (SSSR count). The second-order valence-corrected chi connectivity index (χ2v) is 5.59. The Labute approximate surface area is 122 Å². The zero-order valence-corrected chi connectivity index (χ0v) is 11.8. The van der Waals surface area contributed by atoms with Crippen molar-refractivity contribution >= 4 is 15.7 Å². The first-order valence-electron chi connectivity index (χ1n) is 5.94. The fraction of sp³-hybridized carbons (Fsp3) is 0.154. The average Bonchev–Trinajstić information content (AvgIpc) is 2.92. The van der Waals surface area contributed by atoms with Gasteiger partial charge in [-0.2, -0.15) is 5.26 Å². The van der Waals surface area contributed by atoms with Gasteiger partial charge in [0, 0.05) is 11.8 Å². The van der Waals surface area contributed by atoms with Crippen LogP contribution >= 0.6 is 0 Å². The van der Waals surface area contributed by atoms with E-state index in [2.05, 4.69) is 5.32 Å². The van der Waals surface area contributed by atoms with Crippen LogP contribution < -0.4 is 15.2 Å². The molecule has 0 aliphatic carbocycles. The summed E-state index contributed by atoms with van der Waals surface area (Å²) < 4.78 is 32.5. The molecule has 7 nitrogen and oxygen atoms in total. The third kappa shape index (κ3) is 4.24. The van der Waals surface area contributed by atoms with Crippen molar-refractivity contribution in [2.75, 3.05) is 11.9 Å². The smallest absolute Gasteiger partial charge is 0.271 e. The molecule has 0 spiro atoms. The molecule has 1 aromatic carbocycles. The second kappa shape index (κ2) is 6.30. The van der Waals surface area contributed by atoms with E-state index in [1.54, 1.807) is 18.2 Å². The molecule has 110 valence electrons. The molecular formula is C13H13N3O4S. The van der Waals surface area contributed by atoms with Gasteiger partial charge in [-0.25, -0.2) is 13.6 Å². The van der Waals surface area contributed by atoms with E-state index in [9.17, 15) is 8.42 Å². The fourth-order valence-electron chi connectivity index (χ4n) is 1.61. The summed E-state index contributed by atoms with van der Waals surface area (Å²) in [6, 6.07) is 11.8. The summed E-state index contributed by atoms with van der Waals surface area (Å²) in [5.74, 6) is 0.994. The molecule has 21 heavy (non-hydrogen) atoms. The number of nitriles is 1. The van der Waals surface area contributed by atoms with Crippen molar-refractivity contribution in [3.8, 4) is 11.8 Å². The first-order valence-corrected chi connectivity index (χ1v) is 7.49. The fourth-order valence-corrected chi connectivity index (χ4v) is 2.09. The number of ether oxygens (including phenoxy) is 1.